The van der Waals surface area contributed by atoms with E-state index in [0.717, 1.165) is 6.26 Å². The summed E-state index contributed by atoms with van der Waals surface area (Å²) in [7, 11) is -3.29. The lowest BCUT2D eigenvalue weighted by atomic mass is 10.2. The minimum Gasteiger partial charge on any atom is -0.480 e. The second-order valence-corrected chi connectivity index (χ2v) is 6.93. The molecule has 0 aliphatic carbocycles. The molecule has 0 aliphatic rings. The molecule has 0 saturated carbocycles. The van der Waals surface area contributed by atoms with Gasteiger partial charge in [-0.1, -0.05) is 0 Å². The number of aliphatic carboxylic acids is 1. The lowest BCUT2D eigenvalue weighted by molar-refractivity contribution is -0.139. The second-order valence-electron chi connectivity index (χ2n) is 3.89. The van der Waals surface area contributed by atoms with Gasteiger partial charge in [0.25, 0.3) is 5.91 Å². The van der Waals surface area contributed by atoms with Gasteiger partial charge in [-0.15, -0.1) is 0 Å². The fraction of sp³-hybridized carbons (Fsp3) is 0.400. The molecule has 1 amide bonds. The Kier molecular flexibility index (Phi) is 5.12. The van der Waals surface area contributed by atoms with Gasteiger partial charge < -0.3 is 14.8 Å². The van der Waals surface area contributed by atoms with Gasteiger partial charge >= 0.3 is 5.97 Å². The predicted octanol–water partition coefficient (Wildman–Crippen LogP) is 0.660. The summed E-state index contributed by atoms with van der Waals surface area (Å²) >= 11 is 3.01. The molecule has 0 saturated heterocycles. The number of carboxylic acid groups (broad SMARTS) is 1. The Morgan fingerprint density at radius 2 is 2.11 bits per heavy atom. The van der Waals surface area contributed by atoms with Crippen LogP contribution in [0.4, 0.5) is 0 Å². The molecule has 1 heterocycles. The maximum absolute atomic E-state index is 11.7. The fourth-order valence-corrected chi connectivity index (χ4v) is 2.23. The molecule has 9 heteroatoms. The van der Waals surface area contributed by atoms with E-state index in [1.165, 1.54) is 12.1 Å². The van der Waals surface area contributed by atoms with Crippen molar-refractivity contribution in [2.24, 2.45) is 0 Å². The lowest BCUT2D eigenvalue weighted by Gasteiger charge is -2.12. The van der Waals surface area contributed by atoms with Crippen LogP contribution in [0, 0.1) is 0 Å². The first-order chi connectivity index (χ1) is 8.69. The topological polar surface area (TPSA) is 114 Å². The zero-order valence-electron chi connectivity index (χ0n) is 9.92. The average molecular weight is 354 g/mol. The largest absolute Gasteiger partial charge is 0.480 e. The SMILES string of the molecule is CS(=O)(=O)CCC(NC(=O)c1ccc(Br)o1)C(=O)O. The molecular formula is C10H12BrNO6S. The molecule has 106 valence electrons. The predicted molar refractivity (Wildman–Crippen MR) is 69.6 cm³/mol. The number of carbonyl (C=O) groups excluding carboxylic acids is 1. The van der Waals surface area contributed by atoms with Crippen LogP contribution >= 0.6 is 15.9 Å². The third-order valence-corrected chi connectivity index (χ3v) is 3.58. The second kappa shape index (κ2) is 6.20. The number of carbonyl (C=O) groups is 2. The van der Waals surface area contributed by atoms with E-state index >= 15 is 0 Å². The van der Waals surface area contributed by atoms with Gasteiger partial charge in [-0.05, 0) is 34.5 Å². The average Bonchev–Trinajstić information content (AvgIpc) is 2.69. The van der Waals surface area contributed by atoms with Crippen molar-refractivity contribution in [1.29, 1.82) is 0 Å². The first-order valence-corrected chi connectivity index (χ1v) is 8.01. The molecular weight excluding hydrogens is 342 g/mol. The number of amides is 1. The molecule has 0 fully saturated rings. The molecule has 0 radical (unpaired) electrons. The molecule has 1 unspecified atom stereocenters. The van der Waals surface area contributed by atoms with Crippen LogP contribution in [0.25, 0.3) is 0 Å². The Bertz CT molecular complexity index is 579. The summed E-state index contributed by atoms with van der Waals surface area (Å²) in [6.07, 6.45) is 0.791. The van der Waals surface area contributed by atoms with Crippen molar-refractivity contribution in [2.75, 3.05) is 12.0 Å². The first-order valence-electron chi connectivity index (χ1n) is 5.16. The zero-order valence-corrected chi connectivity index (χ0v) is 12.3. The van der Waals surface area contributed by atoms with E-state index < -0.39 is 27.8 Å². The highest BCUT2D eigenvalue weighted by Crippen LogP contribution is 2.14. The van der Waals surface area contributed by atoms with Crippen LogP contribution in [-0.2, 0) is 14.6 Å². The monoisotopic (exact) mass is 353 g/mol. The summed E-state index contributed by atoms with van der Waals surface area (Å²) in [5.41, 5.74) is 0. The Hall–Kier alpha value is -1.35. The number of sulfone groups is 1. The molecule has 0 aliphatic heterocycles. The smallest absolute Gasteiger partial charge is 0.326 e. The minimum absolute atomic E-state index is 0.0579. The summed E-state index contributed by atoms with van der Waals surface area (Å²) in [6, 6.07) is 1.57. The molecule has 19 heavy (non-hydrogen) atoms. The van der Waals surface area contributed by atoms with E-state index in [1.54, 1.807) is 0 Å². The first kappa shape index (κ1) is 15.7. The molecule has 2 N–H and O–H groups in total. The molecule has 0 spiro atoms. The summed E-state index contributed by atoms with van der Waals surface area (Å²) < 4.78 is 27.3. The van der Waals surface area contributed by atoms with Crippen molar-refractivity contribution in [3.05, 3.63) is 22.6 Å². The van der Waals surface area contributed by atoms with Crippen LogP contribution in [0.15, 0.2) is 21.2 Å². The third kappa shape index (κ3) is 5.43. The molecule has 1 rings (SSSR count). The zero-order chi connectivity index (χ0) is 14.6. The highest BCUT2D eigenvalue weighted by molar-refractivity contribution is 9.10. The maximum atomic E-state index is 11.7. The van der Waals surface area contributed by atoms with Crippen molar-refractivity contribution >= 4 is 37.6 Å². The van der Waals surface area contributed by atoms with Crippen molar-refractivity contribution < 1.29 is 27.5 Å². The van der Waals surface area contributed by atoms with Crippen LogP contribution in [0.1, 0.15) is 17.0 Å². The quantitative estimate of drug-likeness (QED) is 0.776. The number of hydrogen-bond donors (Lipinski definition) is 2. The summed E-state index contributed by atoms with van der Waals surface area (Å²) in [5.74, 6) is -2.40. The van der Waals surface area contributed by atoms with Crippen LogP contribution < -0.4 is 5.32 Å². The Labute approximate surface area is 118 Å². The maximum Gasteiger partial charge on any atom is 0.326 e. The van der Waals surface area contributed by atoms with E-state index in [4.69, 9.17) is 9.52 Å². The van der Waals surface area contributed by atoms with Crippen LogP contribution in [0.2, 0.25) is 0 Å². The van der Waals surface area contributed by atoms with Gasteiger partial charge in [0.1, 0.15) is 15.9 Å². The highest BCUT2D eigenvalue weighted by Gasteiger charge is 2.23. The number of furan rings is 1. The number of halogens is 1. The van der Waals surface area contributed by atoms with E-state index in [0.29, 0.717) is 4.67 Å². The standard InChI is InChI=1S/C10H12BrNO6S/c1-19(16,17)5-4-6(10(14)15)12-9(13)7-2-3-8(11)18-7/h2-3,6H,4-5H2,1H3,(H,12,13)(H,14,15). The number of hydrogen-bond acceptors (Lipinski definition) is 5. The van der Waals surface area contributed by atoms with Crippen LogP contribution in [-0.4, -0.2) is 43.5 Å². The van der Waals surface area contributed by atoms with Gasteiger partial charge in [-0.2, -0.15) is 0 Å². The Morgan fingerprint density at radius 3 is 2.53 bits per heavy atom. The van der Waals surface area contributed by atoms with E-state index in [9.17, 15) is 18.0 Å². The molecule has 7 nitrogen and oxygen atoms in total. The molecule has 0 bridgehead atoms. The minimum atomic E-state index is -3.29. The molecule has 1 aromatic heterocycles. The Balaban J connectivity index is 2.68. The van der Waals surface area contributed by atoms with Gasteiger partial charge in [-0.3, -0.25) is 4.79 Å². The van der Waals surface area contributed by atoms with Crippen LogP contribution in [0.3, 0.4) is 0 Å². The number of nitrogens with one attached hydrogen (secondary N) is 1. The summed E-state index contributed by atoms with van der Waals surface area (Å²) in [6.45, 7) is 0. The summed E-state index contributed by atoms with van der Waals surface area (Å²) in [4.78, 5) is 22.6. The third-order valence-electron chi connectivity index (χ3n) is 2.18. The van der Waals surface area contributed by atoms with E-state index in [1.807, 2.05) is 0 Å². The lowest BCUT2D eigenvalue weighted by Crippen LogP contribution is -2.41. The van der Waals surface area contributed by atoms with Crippen molar-refractivity contribution in [2.45, 2.75) is 12.5 Å². The van der Waals surface area contributed by atoms with Crippen LogP contribution in [0.5, 0.6) is 0 Å². The van der Waals surface area contributed by atoms with Gasteiger partial charge in [0.05, 0.1) is 5.75 Å². The van der Waals surface area contributed by atoms with Gasteiger partial charge in [0, 0.05) is 6.26 Å². The molecule has 0 aromatic carbocycles. The van der Waals surface area contributed by atoms with Crippen molar-refractivity contribution in [1.82, 2.24) is 5.32 Å². The van der Waals surface area contributed by atoms with Gasteiger partial charge in [0.2, 0.25) is 0 Å². The fourth-order valence-electron chi connectivity index (χ4n) is 1.26. The molecule has 1 aromatic rings. The van der Waals surface area contributed by atoms with Crippen molar-refractivity contribution in [3.8, 4) is 0 Å². The normalized spacial score (nSPS) is 12.9. The summed E-state index contributed by atoms with van der Waals surface area (Å²) in [5, 5.41) is 11.1. The molecule has 1 atom stereocenters. The number of rotatable bonds is 6. The van der Waals surface area contributed by atoms with E-state index in [2.05, 4.69) is 21.2 Å². The van der Waals surface area contributed by atoms with Gasteiger partial charge in [-0.25, -0.2) is 13.2 Å². The van der Waals surface area contributed by atoms with Gasteiger partial charge in [0.15, 0.2) is 10.4 Å². The highest BCUT2D eigenvalue weighted by atomic mass is 79.9. The number of carboxylic acids is 1. The van der Waals surface area contributed by atoms with Crippen molar-refractivity contribution in [3.63, 3.8) is 0 Å². The Morgan fingerprint density at radius 1 is 1.47 bits per heavy atom. The van der Waals surface area contributed by atoms with E-state index in [-0.39, 0.29) is 17.9 Å².